The summed E-state index contributed by atoms with van der Waals surface area (Å²) in [5.74, 6) is -0.616. The van der Waals surface area contributed by atoms with Gasteiger partial charge in [-0.2, -0.15) is 4.98 Å². The van der Waals surface area contributed by atoms with E-state index in [1.807, 2.05) is 5.38 Å². The van der Waals surface area contributed by atoms with Gasteiger partial charge < -0.3 is 19.9 Å². The first kappa shape index (κ1) is 21.8. The van der Waals surface area contributed by atoms with Crippen LogP contribution in [0, 0.1) is 0 Å². The van der Waals surface area contributed by atoms with E-state index in [0.717, 1.165) is 9.44 Å². The highest BCUT2D eigenvalue weighted by atomic mass is 35.5. The molecule has 1 aliphatic heterocycles. The Morgan fingerprint density at radius 2 is 2.03 bits per heavy atom. The Balaban J connectivity index is 1.93. The van der Waals surface area contributed by atoms with Crippen LogP contribution in [0.25, 0.3) is 11.2 Å². The van der Waals surface area contributed by atoms with Crippen LogP contribution in [0.15, 0.2) is 38.4 Å². The summed E-state index contributed by atoms with van der Waals surface area (Å²) in [7, 11) is 2.82. The lowest BCUT2D eigenvalue weighted by atomic mass is 10.0. The van der Waals surface area contributed by atoms with Gasteiger partial charge in [-0.05, 0) is 30.0 Å². The van der Waals surface area contributed by atoms with Crippen molar-refractivity contribution in [1.29, 1.82) is 0 Å². The van der Waals surface area contributed by atoms with Gasteiger partial charge in [0.1, 0.15) is 0 Å². The minimum Gasteiger partial charge on any atom is -0.463 e. The molecule has 3 aromatic heterocycles. The highest BCUT2D eigenvalue weighted by Gasteiger charge is 2.35. The fourth-order valence-corrected chi connectivity index (χ4v) is 4.59. The average Bonchev–Trinajstić information content (AvgIpc) is 3.39. The summed E-state index contributed by atoms with van der Waals surface area (Å²) in [6.45, 7) is 1.67. The number of ether oxygens (including phenoxy) is 1. The van der Waals surface area contributed by atoms with E-state index in [1.54, 1.807) is 19.1 Å². The van der Waals surface area contributed by atoms with Gasteiger partial charge in [0.05, 0.1) is 30.5 Å². The number of halogens is 1. The first-order chi connectivity index (χ1) is 15.2. The van der Waals surface area contributed by atoms with Gasteiger partial charge in [0.25, 0.3) is 5.56 Å². The second kappa shape index (κ2) is 8.28. The van der Waals surface area contributed by atoms with E-state index in [0.29, 0.717) is 0 Å². The molecular weight excluding hydrogens is 460 g/mol. The number of nitrogens with zero attached hydrogens (tertiary/aromatic N) is 4. The van der Waals surface area contributed by atoms with E-state index < -0.39 is 29.3 Å². The van der Waals surface area contributed by atoms with Crippen LogP contribution >= 0.6 is 22.9 Å². The van der Waals surface area contributed by atoms with Crippen molar-refractivity contribution in [1.82, 2.24) is 29.3 Å². The van der Waals surface area contributed by atoms with E-state index in [9.17, 15) is 19.2 Å². The number of allylic oxidation sites excluding steroid dienone is 1. The molecule has 0 saturated heterocycles. The topological polar surface area (TPSA) is 129 Å². The fourth-order valence-electron chi connectivity index (χ4n) is 3.58. The van der Waals surface area contributed by atoms with Crippen molar-refractivity contribution in [3.8, 4) is 0 Å². The molecule has 0 saturated carbocycles. The number of hydrogen-bond acceptors (Lipinski definition) is 7. The molecule has 0 bridgehead atoms. The lowest BCUT2D eigenvalue weighted by molar-refractivity contribution is -0.139. The van der Waals surface area contributed by atoms with Gasteiger partial charge in [-0.25, -0.2) is 14.4 Å². The Labute approximate surface area is 189 Å². The van der Waals surface area contributed by atoms with Gasteiger partial charge in [-0.3, -0.25) is 13.9 Å². The van der Waals surface area contributed by atoms with Gasteiger partial charge in [-0.15, -0.1) is 11.3 Å². The number of thiophene rings is 1. The molecule has 0 aromatic carbocycles. The fraction of sp³-hybridized carbons (Fsp3) is 0.316. The summed E-state index contributed by atoms with van der Waals surface area (Å²) in [4.78, 5) is 55.3. The standard InChI is InChI=1S/C19H19ClN6O5S/c1-4-31-16(28)11-9(21-18(29)22-12(11)10-6-5-7-32-10)8-26-13-14(23-17(26)20)24(2)19(30)25(3)15(13)27/h5-7,12H,4,8H2,1-3H3,(H2,21,22,29). The normalized spacial score (nSPS) is 16.2. The third kappa shape index (κ3) is 3.50. The van der Waals surface area contributed by atoms with Crippen molar-refractivity contribution in [2.24, 2.45) is 14.1 Å². The lowest BCUT2D eigenvalue weighted by Gasteiger charge is -2.28. The second-order valence-electron chi connectivity index (χ2n) is 7.00. The van der Waals surface area contributed by atoms with Crippen molar-refractivity contribution < 1.29 is 14.3 Å². The summed E-state index contributed by atoms with van der Waals surface area (Å²) in [5.41, 5.74) is -0.595. The number of esters is 1. The average molecular weight is 479 g/mol. The van der Waals surface area contributed by atoms with E-state index in [4.69, 9.17) is 16.3 Å². The molecule has 0 fully saturated rings. The summed E-state index contributed by atoms with van der Waals surface area (Å²) in [5, 5.41) is 7.13. The highest BCUT2D eigenvalue weighted by Crippen LogP contribution is 2.31. The maximum Gasteiger partial charge on any atom is 0.338 e. The van der Waals surface area contributed by atoms with Crippen LogP contribution in [0.2, 0.25) is 5.28 Å². The number of aryl methyl sites for hydroxylation is 1. The largest absolute Gasteiger partial charge is 0.463 e. The summed E-state index contributed by atoms with van der Waals surface area (Å²) < 4.78 is 8.73. The van der Waals surface area contributed by atoms with E-state index in [1.165, 1.54) is 34.6 Å². The molecule has 0 spiro atoms. The Kier molecular flexibility index (Phi) is 5.65. The van der Waals surface area contributed by atoms with Crippen LogP contribution < -0.4 is 21.9 Å². The summed E-state index contributed by atoms with van der Waals surface area (Å²) in [6.07, 6.45) is 0. The van der Waals surface area contributed by atoms with Gasteiger partial charge in [-0.1, -0.05) is 6.07 Å². The van der Waals surface area contributed by atoms with Gasteiger partial charge in [0, 0.05) is 19.0 Å². The first-order valence-electron chi connectivity index (χ1n) is 9.57. The minimum absolute atomic E-state index is 0.0655. The Morgan fingerprint density at radius 3 is 2.69 bits per heavy atom. The monoisotopic (exact) mass is 478 g/mol. The van der Waals surface area contributed by atoms with Crippen LogP contribution in [0.3, 0.4) is 0 Å². The molecule has 1 atom stereocenters. The zero-order valence-corrected chi connectivity index (χ0v) is 18.9. The molecule has 11 nitrogen and oxygen atoms in total. The maximum absolute atomic E-state index is 12.9. The smallest absolute Gasteiger partial charge is 0.338 e. The molecule has 2 N–H and O–H groups in total. The number of amides is 2. The number of carbonyl (C=O) groups excluding carboxylic acids is 2. The summed E-state index contributed by atoms with van der Waals surface area (Å²) >= 11 is 7.69. The molecular formula is C19H19ClN6O5S. The Morgan fingerprint density at radius 1 is 1.28 bits per heavy atom. The van der Waals surface area contributed by atoms with Crippen molar-refractivity contribution in [2.75, 3.05) is 6.61 Å². The molecule has 13 heteroatoms. The van der Waals surface area contributed by atoms with Crippen molar-refractivity contribution in [3.05, 3.63) is 59.8 Å². The van der Waals surface area contributed by atoms with Gasteiger partial charge >= 0.3 is 17.7 Å². The quantitative estimate of drug-likeness (QED) is 0.416. The van der Waals surface area contributed by atoms with Gasteiger partial charge in [0.15, 0.2) is 11.2 Å². The highest BCUT2D eigenvalue weighted by molar-refractivity contribution is 7.10. The zero-order chi connectivity index (χ0) is 23.2. The maximum atomic E-state index is 12.9. The SMILES string of the molecule is CCOC(=O)C1=C(Cn2c(Cl)nc3c2c(=O)n(C)c(=O)n3C)NC(=O)NC1c1cccs1. The van der Waals surface area contributed by atoms with Crippen LogP contribution in [0.4, 0.5) is 4.79 Å². The predicted molar refractivity (Wildman–Crippen MR) is 118 cm³/mol. The number of carbonyl (C=O) groups is 2. The van der Waals surface area contributed by atoms with Crippen molar-refractivity contribution in [2.45, 2.75) is 19.5 Å². The van der Waals surface area contributed by atoms with Crippen LogP contribution in [-0.2, 0) is 30.2 Å². The summed E-state index contributed by atoms with van der Waals surface area (Å²) in [6, 6.07) is 2.34. The molecule has 4 rings (SSSR count). The van der Waals surface area contributed by atoms with Crippen LogP contribution in [0.5, 0.6) is 0 Å². The number of aromatic nitrogens is 4. The molecule has 3 aromatic rings. The number of urea groups is 1. The first-order valence-corrected chi connectivity index (χ1v) is 10.8. The minimum atomic E-state index is -0.737. The van der Waals surface area contributed by atoms with Crippen molar-refractivity contribution in [3.63, 3.8) is 0 Å². The second-order valence-corrected chi connectivity index (χ2v) is 8.32. The molecule has 4 heterocycles. The van der Waals surface area contributed by atoms with Crippen molar-refractivity contribution >= 4 is 46.1 Å². The van der Waals surface area contributed by atoms with Gasteiger partial charge in [0.2, 0.25) is 5.28 Å². The number of nitrogens with one attached hydrogen (secondary N) is 2. The predicted octanol–water partition coefficient (Wildman–Crippen LogP) is 1.02. The lowest BCUT2D eigenvalue weighted by Crippen LogP contribution is -2.46. The molecule has 0 aliphatic carbocycles. The molecule has 168 valence electrons. The van der Waals surface area contributed by atoms with E-state index >= 15 is 0 Å². The number of fused-ring (bicyclic) bond motifs is 1. The third-order valence-corrected chi connectivity index (χ3v) is 6.32. The van der Waals surface area contributed by atoms with E-state index in [2.05, 4.69) is 15.6 Å². The Bertz CT molecular complexity index is 1380. The molecule has 0 radical (unpaired) electrons. The van der Waals surface area contributed by atoms with Crippen LogP contribution in [-0.4, -0.2) is 37.3 Å². The number of hydrogen-bond donors (Lipinski definition) is 2. The Hall–Kier alpha value is -3.38. The van der Waals surface area contributed by atoms with Crippen LogP contribution in [0.1, 0.15) is 17.8 Å². The molecule has 32 heavy (non-hydrogen) atoms. The van der Waals surface area contributed by atoms with E-state index in [-0.39, 0.29) is 40.9 Å². The molecule has 1 unspecified atom stereocenters. The zero-order valence-electron chi connectivity index (χ0n) is 17.3. The number of imidazole rings is 1. The number of rotatable bonds is 5. The third-order valence-electron chi connectivity index (χ3n) is 5.09. The molecule has 2 amide bonds. The molecule has 1 aliphatic rings.